The zero-order valence-corrected chi connectivity index (χ0v) is 53.3. The Morgan fingerprint density at radius 3 is 1.15 bits per heavy atom. The minimum atomic E-state index is -0.292. The molecular formula is C94H54N4. The van der Waals surface area contributed by atoms with Gasteiger partial charge < -0.3 is 13.2 Å². The molecule has 0 saturated heterocycles. The first-order valence-corrected chi connectivity index (χ1v) is 34.1. The van der Waals surface area contributed by atoms with Crippen LogP contribution < -0.4 is 0 Å². The number of nitriles is 1. The fourth-order valence-corrected chi connectivity index (χ4v) is 18.7. The van der Waals surface area contributed by atoms with Gasteiger partial charge in [0.15, 0.2) is 0 Å². The van der Waals surface area contributed by atoms with Gasteiger partial charge in [0.05, 0.1) is 61.3 Å². The predicted octanol–water partition coefficient (Wildman–Crippen LogP) is 24.7. The molecule has 0 N–H and O–H groups in total. The van der Waals surface area contributed by atoms with Crippen molar-refractivity contribution in [3.63, 3.8) is 0 Å². The van der Waals surface area contributed by atoms with Crippen LogP contribution in [0.15, 0.2) is 297 Å². The van der Waals surface area contributed by atoms with Crippen molar-refractivity contribution in [2.45, 2.75) is 18.8 Å². The van der Waals surface area contributed by atoms with Crippen molar-refractivity contribution in [1.29, 1.82) is 5.26 Å². The van der Waals surface area contributed by atoms with E-state index in [1.807, 2.05) is 18.2 Å². The van der Waals surface area contributed by atoms with Crippen molar-refractivity contribution in [1.82, 2.24) is 13.2 Å². The molecule has 0 saturated carbocycles. The van der Waals surface area contributed by atoms with Crippen molar-refractivity contribution < 1.29 is 0 Å². The molecule has 4 nitrogen and oxygen atoms in total. The van der Waals surface area contributed by atoms with Crippen LogP contribution in [0.2, 0.25) is 0 Å². The Bertz CT molecular complexity index is 7280. The normalized spacial score (nSPS) is 14.2. The first-order chi connectivity index (χ1) is 48.4. The van der Waals surface area contributed by atoms with Crippen LogP contribution in [0.25, 0.3) is 202 Å². The SMILES string of the molecule is CC1(Cc2ccc3c(c2)c2ccccc2c2ccc(-c4cc5c6ccccc6n6c7ccc(-c8ccc9c(c8)c8cc(-c%10cccc(C#N)c%10)cc%10c%11ccccc%11n9c%108)cc7c(c4)c56)cc23)c2ccccc2-c2ccc(-c3cc4c5ccccc5n5c6ccccc6c(c3)c45)cc21. The number of nitrogens with zero attached hydrogens (tertiary/aromatic N) is 4. The first-order valence-electron chi connectivity index (χ1n) is 34.1. The van der Waals surface area contributed by atoms with Crippen LogP contribution in [-0.2, 0) is 11.8 Å². The van der Waals surface area contributed by atoms with E-state index in [2.05, 4.69) is 305 Å². The van der Waals surface area contributed by atoms with E-state index in [1.165, 1.54) is 208 Å². The number of hydrogen-bond donors (Lipinski definition) is 0. The average molecular weight is 1240 g/mol. The largest absolute Gasteiger partial charge is 0.308 e. The summed E-state index contributed by atoms with van der Waals surface area (Å²) in [4.78, 5) is 0. The zero-order chi connectivity index (χ0) is 64.0. The van der Waals surface area contributed by atoms with Crippen LogP contribution in [0.5, 0.6) is 0 Å². The molecule has 450 valence electrons. The maximum atomic E-state index is 9.91. The topological polar surface area (TPSA) is 37.0 Å². The molecule has 1 aliphatic carbocycles. The van der Waals surface area contributed by atoms with E-state index in [0.717, 1.165) is 17.5 Å². The van der Waals surface area contributed by atoms with Gasteiger partial charge in [0, 0.05) is 70.0 Å². The minimum Gasteiger partial charge on any atom is -0.308 e. The standard InChI is InChI=1S/C94H54N4/c1-94(83-24-9-4-19-67(83)68-36-31-59(50-84(68)94)62-46-77-69-20-5-10-25-85(69)96-86-26-11-6-21-70(86)78(47-62)91(77)96)51-53-29-34-66-73(40-53)64-18-3-2-17-63(64)65-35-30-58(41-74(65)66)61-45-80-72-23-8-13-28-88(72)98-90-38-33-57(43-76(90)82(49-61)93(80)98)56-32-37-89-75(42-56)81-48-60(55-16-14-15-54(39-55)52-95)44-79-71-22-7-12-27-87(71)97(89)92(79)81/h2-50H,51H2,1H3. The lowest BCUT2D eigenvalue weighted by molar-refractivity contribution is 0.583. The molecule has 4 heteroatoms. The van der Waals surface area contributed by atoms with E-state index in [4.69, 9.17) is 0 Å². The van der Waals surface area contributed by atoms with E-state index >= 15 is 0 Å². The smallest absolute Gasteiger partial charge is 0.0991 e. The average Bonchev–Trinajstić information content (AvgIpc) is 1.53. The van der Waals surface area contributed by atoms with Gasteiger partial charge in [0.25, 0.3) is 0 Å². The van der Waals surface area contributed by atoms with E-state index in [0.29, 0.717) is 5.56 Å². The molecule has 1 unspecified atom stereocenters. The number of aromatic nitrogens is 3. The summed E-state index contributed by atoms with van der Waals surface area (Å²) in [5.41, 5.74) is 27.6. The fourth-order valence-electron chi connectivity index (χ4n) is 18.7. The van der Waals surface area contributed by atoms with Gasteiger partial charge in [-0.05, 0) is 220 Å². The quantitative estimate of drug-likeness (QED) is 0.153. The number of fused-ring (bicyclic) bond motifs is 27. The van der Waals surface area contributed by atoms with Crippen LogP contribution in [0.1, 0.15) is 29.2 Å². The highest BCUT2D eigenvalue weighted by Gasteiger charge is 2.40. The molecule has 16 aromatic carbocycles. The third kappa shape index (κ3) is 6.81. The number of benzene rings is 16. The number of rotatable bonds is 6. The zero-order valence-electron chi connectivity index (χ0n) is 53.3. The van der Waals surface area contributed by atoms with Crippen LogP contribution in [0, 0.1) is 11.3 Å². The molecular weight excluding hydrogens is 1190 g/mol. The second-order valence-corrected chi connectivity index (χ2v) is 28.0. The van der Waals surface area contributed by atoms with Gasteiger partial charge in [0.2, 0.25) is 0 Å². The molecule has 6 heterocycles. The second kappa shape index (κ2) is 18.8. The maximum absolute atomic E-state index is 9.91. The maximum Gasteiger partial charge on any atom is 0.0991 e. The van der Waals surface area contributed by atoms with Crippen LogP contribution in [-0.4, -0.2) is 13.2 Å². The molecule has 22 aromatic rings. The van der Waals surface area contributed by atoms with Gasteiger partial charge in [-0.25, -0.2) is 0 Å². The summed E-state index contributed by atoms with van der Waals surface area (Å²) in [5.74, 6) is 0. The van der Waals surface area contributed by atoms with Gasteiger partial charge in [0.1, 0.15) is 0 Å². The summed E-state index contributed by atoms with van der Waals surface area (Å²) in [7, 11) is 0. The van der Waals surface area contributed by atoms with E-state index in [-0.39, 0.29) is 5.41 Å². The summed E-state index contributed by atoms with van der Waals surface area (Å²) >= 11 is 0. The highest BCUT2D eigenvalue weighted by atomic mass is 14.9. The molecule has 0 aliphatic heterocycles. The van der Waals surface area contributed by atoms with Gasteiger partial charge in [-0.2, -0.15) is 5.26 Å². The summed E-state index contributed by atoms with van der Waals surface area (Å²) in [5, 5.41) is 32.6. The van der Waals surface area contributed by atoms with Gasteiger partial charge >= 0.3 is 0 Å². The van der Waals surface area contributed by atoms with Gasteiger partial charge in [-0.3, -0.25) is 0 Å². The third-order valence-electron chi connectivity index (χ3n) is 23.0. The van der Waals surface area contributed by atoms with E-state index in [1.54, 1.807) is 0 Å². The van der Waals surface area contributed by atoms with E-state index < -0.39 is 0 Å². The van der Waals surface area contributed by atoms with Crippen molar-refractivity contribution in [2.75, 3.05) is 0 Å². The lowest BCUT2D eigenvalue weighted by Gasteiger charge is -2.28. The van der Waals surface area contributed by atoms with Crippen molar-refractivity contribution in [3.05, 3.63) is 320 Å². The monoisotopic (exact) mass is 1240 g/mol. The van der Waals surface area contributed by atoms with Gasteiger partial charge in [-0.1, -0.05) is 195 Å². The predicted molar refractivity (Wildman–Crippen MR) is 411 cm³/mol. The number of para-hydroxylation sites is 4. The Morgan fingerprint density at radius 1 is 0.255 bits per heavy atom. The van der Waals surface area contributed by atoms with E-state index in [9.17, 15) is 5.26 Å². The molecule has 0 bridgehead atoms. The molecule has 98 heavy (non-hydrogen) atoms. The summed E-state index contributed by atoms with van der Waals surface area (Å²) in [6.07, 6.45) is 0.851. The van der Waals surface area contributed by atoms with Gasteiger partial charge in [-0.15, -0.1) is 0 Å². The van der Waals surface area contributed by atoms with Crippen LogP contribution in [0.4, 0.5) is 0 Å². The van der Waals surface area contributed by atoms with Crippen molar-refractivity contribution in [3.8, 4) is 61.7 Å². The second-order valence-electron chi connectivity index (χ2n) is 28.0. The summed E-state index contributed by atoms with van der Waals surface area (Å²) < 4.78 is 7.43. The molecule has 6 aromatic heterocycles. The minimum absolute atomic E-state index is 0.292. The van der Waals surface area contributed by atoms with Crippen LogP contribution in [0.3, 0.4) is 0 Å². The number of hydrogen-bond acceptors (Lipinski definition) is 1. The molecule has 0 fully saturated rings. The molecule has 0 amide bonds. The molecule has 23 rings (SSSR count). The van der Waals surface area contributed by atoms with Crippen LogP contribution >= 0.6 is 0 Å². The Hall–Kier alpha value is -12.8. The Labute approximate surface area is 561 Å². The summed E-state index contributed by atoms with van der Waals surface area (Å²) in [6, 6.07) is 115. The first kappa shape index (κ1) is 52.6. The Balaban J connectivity index is 0.661. The molecule has 1 aliphatic rings. The molecule has 1 atom stereocenters. The summed E-state index contributed by atoms with van der Waals surface area (Å²) in [6.45, 7) is 2.49. The Kier molecular flexibility index (Phi) is 10.1. The highest BCUT2D eigenvalue weighted by molar-refractivity contribution is 6.30. The molecule has 0 radical (unpaired) electrons. The lowest BCUT2D eigenvalue weighted by Crippen LogP contribution is -2.24. The highest BCUT2D eigenvalue weighted by Crippen LogP contribution is 2.54. The lowest BCUT2D eigenvalue weighted by atomic mass is 9.74. The van der Waals surface area contributed by atoms with Crippen molar-refractivity contribution in [2.24, 2.45) is 0 Å². The third-order valence-corrected chi connectivity index (χ3v) is 23.0. The molecule has 0 spiro atoms. The van der Waals surface area contributed by atoms with Crippen molar-refractivity contribution >= 4 is 147 Å². The Morgan fingerprint density at radius 2 is 0.612 bits per heavy atom. The fraction of sp³-hybridized carbons (Fsp3) is 0.0319.